The maximum Gasteiger partial charge on any atom is 0.459 e. The number of ether oxygens (including phenoxy) is 4. The van der Waals surface area contributed by atoms with Crippen LogP contribution in [0.25, 0.3) is 5.52 Å². The van der Waals surface area contributed by atoms with Crippen LogP contribution >= 0.6 is 7.75 Å². The number of alkyl carbamates (subject to hydrolysis) is 1. The molecule has 0 bridgehead atoms. The number of benzene rings is 2. The van der Waals surface area contributed by atoms with Gasteiger partial charge in [-0.3, -0.25) is 9.32 Å². The van der Waals surface area contributed by atoms with E-state index in [4.69, 9.17) is 33.7 Å². The lowest BCUT2D eigenvalue weighted by molar-refractivity contribution is -0.149. The molecule has 2 unspecified atom stereocenters. The Morgan fingerprint density at radius 3 is 2.44 bits per heavy atom. The number of aliphatic hydroxyl groups excluding tert-OH is 1. The molecule has 6 atom stereocenters. The van der Waals surface area contributed by atoms with E-state index in [1.807, 2.05) is 18.2 Å². The van der Waals surface area contributed by atoms with Gasteiger partial charge in [0.2, 0.25) is 0 Å². The molecule has 0 aliphatic carbocycles. The quantitative estimate of drug-likeness (QED) is 0.0623. The van der Waals surface area contributed by atoms with Crippen LogP contribution in [-0.2, 0) is 56.3 Å². The van der Waals surface area contributed by atoms with Crippen molar-refractivity contribution in [2.24, 2.45) is 0 Å². The minimum atomic E-state index is -4.47. The molecule has 1 aliphatic heterocycles. The SMILES string of the molecule is COC(=O)[C@H](C)NP(=O)(OC[C@@]1(C)OCC(O)(c2ccc3c(N)ncnn23)[C@@H]1O)Oc1ccc(C[C@H](NC(=O)OCc2ccccc2)C(=O)OC(C)C)cc1. The summed E-state index contributed by atoms with van der Waals surface area (Å²) in [6.07, 6.45) is -1.70. The number of aromatic nitrogens is 3. The molecule has 1 amide bonds. The van der Waals surface area contributed by atoms with Gasteiger partial charge in [-0.25, -0.2) is 23.7 Å². The number of aliphatic hydroxyl groups is 2. The smallest absolute Gasteiger partial charge is 0.459 e. The standard InChI is InChI=1S/C36H45N6O12P/c1-22(2)53-32(44)27(40-34(46)50-18-25-9-7-6-8-10-25)17-24-11-13-26(14-12-24)54-55(48,41-23(3)31(43)49-5)52-19-35(4)33(45)36(47,20-51-35)29-16-15-28-30(37)38-21-39-42(28)29/h6-16,21-23,27,33,45,47H,17-20H2,1-5H3,(H,40,46)(H,41,48)(H2,37,38,39)/t23-,27-,33+,35+,36?,55?/m0/s1. The van der Waals surface area contributed by atoms with E-state index in [9.17, 15) is 29.2 Å². The minimum absolute atomic E-state index is 0.00407. The molecule has 0 radical (unpaired) electrons. The Labute approximate surface area is 316 Å². The molecule has 18 nitrogen and oxygen atoms in total. The average Bonchev–Trinajstić information content (AvgIpc) is 3.70. The molecule has 55 heavy (non-hydrogen) atoms. The fraction of sp³-hybridized carbons (Fsp3) is 0.417. The lowest BCUT2D eigenvalue weighted by Crippen LogP contribution is -2.50. The number of hydrogen-bond acceptors (Lipinski definition) is 15. The first-order valence-corrected chi connectivity index (χ1v) is 18.8. The lowest BCUT2D eigenvalue weighted by Gasteiger charge is -2.33. The van der Waals surface area contributed by atoms with Crippen molar-refractivity contribution in [2.75, 3.05) is 26.1 Å². The number of fused-ring (bicyclic) bond motifs is 1. The zero-order valence-corrected chi connectivity index (χ0v) is 31.8. The molecular formula is C36H45N6O12P. The monoisotopic (exact) mass is 784 g/mol. The van der Waals surface area contributed by atoms with Crippen LogP contribution in [0.3, 0.4) is 0 Å². The number of carbonyl (C=O) groups excluding carboxylic acids is 3. The summed E-state index contributed by atoms with van der Waals surface area (Å²) in [7, 11) is -3.32. The van der Waals surface area contributed by atoms with Gasteiger partial charge in [0.05, 0.1) is 32.1 Å². The van der Waals surface area contributed by atoms with E-state index in [-0.39, 0.29) is 30.3 Å². The van der Waals surface area contributed by atoms with Crippen molar-refractivity contribution in [3.63, 3.8) is 0 Å². The van der Waals surface area contributed by atoms with E-state index in [0.717, 1.165) is 12.7 Å². The van der Waals surface area contributed by atoms with Crippen molar-refractivity contribution in [1.29, 1.82) is 0 Å². The summed E-state index contributed by atoms with van der Waals surface area (Å²) in [5.41, 5.74) is 4.19. The maximum atomic E-state index is 14.2. The molecule has 4 aromatic rings. The predicted molar refractivity (Wildman–Crippen MR) is 195 cm³/mol. The zero-order valence-electron chi connectivity index (χ0n) is 30.9. The third-order valence-corrected chi connectivity index (χ3v) is 10.4. The van der Waals surface area contributed by atoms with E-state index >= 15 is 0 Å². The van der Waals surface area contributed by atoms with Gasteiger partial charge < -0.3 is 44.7 Å². The Morgan fingerprint density at radius 2 is 1.76 bits per heavy atom. The van der Waals surface area contributed by atoms with E-state index in [0.29, 0.717) is 11.1 Å². The number of amides is 1. The van der Waals surface area contributed by atoms with Crippen LogP contribution < -0.4 is 20.7 Å². The average molecular weight is 785 g/mol. The van der Waals surface area contributed by atoms with Crippen molar-refractivity contribution in [3.8, 4) is 5.75 Å². The third kappa shape index (κ3) is 9.77. The summed E-state index contributed by atoms with van der Waals surface area (Å²) >= 11 is 0. The highest BCUT2D eigenvalue weighted by Gasteiger charge is 2.58. The normalized spacial score (nSPS) is 21.7. The molecule has 1 aliphatic rings. The summed E-state index contributed by atoms with van der Waals surface area (Å²) < 4.78 is 48.4. The molecule has 0 saturated carbocycles. The van der Waals surface area contributed by atoms with Crippen LogP contribution in [0.2, 0.25) is 0 Å². The molecule has 2 aromatic carbocycles. The molecule has 0 spiro atoms. The number of nitrogens with zero attached hydrogens (tertiary/aromatic N) is 3. The van der Waals surface area contributed by atoms with Gasteiger partial charge >= 0.3 is 25.8 Å². The molecule has 6 N–H and O–H groups in total. The second-order valence-electron chi connectivity index (χ2n) is 13.4. The summed E-state index contributed by atoms with van der Waals surface area (Å²) in [6.45, 7) is 5.21. The number of carbonyl (C=O) groups is 3. The molecule has 296 valence electrons. The zero-order chi connectivity index (χ0) is 40.0. The van der Waals surface area contributed by atoms with Crippen LogP contribution in [-0.4, -0.2) is 93.1 Å². The molecule has 19 heteroatoms. The van der Waals surface area contributed by atoms with Gasteiger partial charge in [-0.1, -0.05) is 42.5 Å². The summed E-state index contributed by atoms with van der Waals surface area (Å²) in [6, 6.07) is 15.9. The first kappa shape index (κ1) is 41.1. The fourth-order valence-corrected chi connectivity index (χ4v) is 7.38. The highest BCUT2D eigenvalue weighted by molar-refractivity contribution is 7.52. The summed E-state index contributed by atoms with van der Waals surface area (Å²) in [4.78, 5) is 41.8. The number of nitrogens with two attached hydrogens (primary N) is 1. The highest BCUT2D eigenvalue weighted by atomic mass is 31.2. The molecule has 2 aromatic heterocycles. The third-order valence-electron chi connectivity index (χ3n) is 8.74. The summed E-state index contributed by atoms with van der Waals surface area (Å²) in [5, 5.41) is 32.3. The highest BCUT2D eigenvalue weighted by Crippen LogP contribution is 2.48. The van der Waals surface area contributed by atoms with Crippen molar-refractivity contribution >= 4 is 37.1 Å². The molecule has 1 fully saturated rings. The predicted octanol–water partition coefficient (Wildman–Crippen LogP) is 2.79. The molecular weight excluding hydrogens is 739 g/mol. The van der Waals surface area contributed by atoms with Gasteiger partial charge in [-0.05, 0) is 63.1 Å². The summed E-state index contributed by atoms with van der Waals surface area (Å²) in [5.74, 6) is -1.26. The Bertz CT molecular complexity index is 2020. The van der Waals surface area contributed by atoms with Crippen LogP contribution in [0.15, 0.2) is 73.1 Å². The Kier molecular flexibility index (Phi) is 12.8. The molecule has 5 rings (SSSR count). The van der Waals surface area contributed by atoms with Crippen LogP contribution in [0.1, 0.15) is 44.5 Å². The van der Waals surface area contributed by atoms with Crippen molar-refractivity contribution in [1.82, 2.24) is 25.0 Å². The van der Waals surface area contributed by atoms with Crippen LogP contribution in [0.5, 0.6) is 5.75 Å². The van der Waals surface area contributed by atoms with Gasteiger partial charge in [0.15, 0.2) is 11.4 Å². The van der Waals surface area contributed by atoms with E-state index in [1.165, 1.54) is 42.9 Å². The van der Waals surface area contributed by atoms with E-state index in [1.54, 1.807) is 44.2 Å². The van der Waals surface area contributed by atoms with Crippen molar-refractivity contribution in [2.45, 2.75) is 76.2 Å². The number of anilines is 1. The number of esters is 2. The van der Waals surface area contributed by atoms with Gasteiger partial charge in [0.25, 0.3) is 0 Å². The largest absolute Gasteiger partial charge is 0.468 e. The van der Waals surface area contributed by atoms with Crippen molar-refractivity contribution < 1.29 is 57.2 Å². The lowest BCUT2D eigenvalue weighted by atomic mass is 9.86. The molecule has 3 heterocycles. The van der Waals surface area contributed by atoms with Gasteiger partial charge in [-0.15, -0.1) is 0 Å². The Balaban J connectivity index is 1.29. The first-order valence-electron chi connectivity index (χ1n) is 17.3. The second-order valence-corrected chi connectivity index (χ2v) is 15.1. The van der Waals surface area contributed by atoms with Crippen LogP contribution in [0, 0.1) is 0 Å². The van der Waals surface area contributed by atoms with Crippen molar-refractivity contribution in [3.05, 3.63) is 89.9 Å². The second kappa shape index (κ2) is 17.1. The fourth-order valence-electron chi connectivity index (χ4n) is 5.80. The topological polar surface area (TPSA) is 244 Å². The van der Waals surface area contributed by atoms with E-state index in [2.05, 4.69) is 20.5 Å². The van der Waals surface area contributed by atoms with Gasteiger partial charge in [0, 0.05) is 6.42 Å². The van der Waals surface area contributed by atoms with E-state index < -0.39 is 74.5 Å². The number of rotatable bonds is 16. The van der Waals surface area contributed by atoms with Gasteiger partial charge in [-0.2, -0.15) is 10.2 Å². The Hall–Kier alpha value is -5.10. The minimum Gasteiger partial charge on any atom is -0.468 e. The molecule has 1 saturated heterocycles. The first-order chi connectivity index (χ1) is 26.1. The Morgan fingerprint density at radius 1 is 1.05 bits per heavy atom. The number of hydrogen-bond donors (Lipinski definition) is 5. The van der Waals surface area contributed by atoms with Gasteiger partial charge in [0.1, 0.15) is 48.0 Å². The number of methoxy groups -OCH3 is 1. The number of nitrogen functional groups attached to an aromatic ring is 1. The maximum absolute atomic E-state index is 14.2. The number of nitrogens with one attached hydrogen (secondary N) is 2. The van der Waals surface area contributed by atoms with Crippen LogP contribution in [0.4, 0.5) is 10.6 Å².